The first-order valence-electron chi connectivity index (χ1n) is 5.08. The number of hydrogen-bond donors (Lipinski definition) is 1. The van der Waals surface area contributed by atoms with Crippen molar-refractivity contribution in [3.05, 3.63) is 33.8 Å². The predicted octanol–water partition coefficient (Wildman–Crippen LogP) is 2.84. The number of halogens is 3. The first kappa shape index (κ1) is 14.5. The molecule has 0 heterocycles. The van der Waals surface area contributed by atoms with E-state index in [1.54, 1.807) is 4.90 Å². The van der Waals surface area contributed by atoms with Gasteiger partial charge in [0.25, 0.3) is 0 Å². The van der Waals surface area contributed by atoms with Crippen molar-refractivity contribution in [3.8, 4) is 0 Å². The van der Waals surface area contributed by atoms with Gasteiger partial charge in [-0.05, 0) is 34.6 Å². The van der Waals surface area contributed by atoms with Crippen LogP contribution in [0.25, 0.3) is 0 Å². The van der Waals surface area contributed by atoms with Crippen molar-refractivity contribution in [1.82, 2.24) is 4.90 Å². The lowest BCUT2D eigenvalue weighted by Crippen LogP contribution is -2.32. The zero-order valence-electron chi connectivity index (χ0n) is 9.34. The highest BCUT2D eigenvalue weighted by Gasteiger charge is 2.15. The average molecular weight is 323 g/mol. The number of rotatable bonds is 5. The molecule has 1 rings (SSSR count). The topological polar surface area (TPSA) is 29.3 Å². The van der Waals surface area contributed by atoms with Crippen molar-refractivity contribution in [2.45, 2.75) is 13.5 Å². The molecule has 0 unspecified atom stereocenters. The molecule has 0 fully saturated rings. The van der Waals surface area contributed by atoms with Gasteiger partial charge in [-0.1, -0.05) is 19.1 Å². The molecular formula is C11H13BrF2N2S. The molecule has 0 aliphatic rings. The number of likely N-dealkylation sites (N-methyl/N-ethyl adjacent to an activating group) is 1. The Labute approximate surface area is 113 Å². The molecule has 0 amide bonds. The summed E-state index contributed by atoms with van der Waals surface area (Å²) in [6, 6.07) is 2.58. The Morgan fingerprint density at radius 1 is 1.47 bits per heavy atom. The van der Waals surface area contributed by atoms with E-state index in [0.29, 0.717) is 18.1 Å². The van der Waals surface area contributed by atoms with E-state index in [1.807, 2.05) is 6.92 Å². The number of benzene rings is 1. The van der Waals surface area contributed by atoms with Crippen LogP contribution in [0.5, 0.6) is 0 Å². The SMILES string of the molecule is CCN(CC(N)=S)Cc1c(F)ccc(Br)c1F. The van der Waals surface area contributed by atoms with Crippen LogP contribution in [0.3, 0.4) is 0 Å². The summed E-state index contributed by atoms with van der Waals surface area (Å²) in [6.45, 7) is 2.98. The van der Waals surface area contributed by atoms with Gasteiger partial charge < -0.3 is 5.73 Å². The number of nitrogens with two attached hydrogens (primary N) is 1. The minimum absolute atomic E-state index is 0.0254. The Morgan fingerprint density at radius 3 is 2.65 bits per heavy atom. The van der Waals surface area contributed by atoms with Gasteiger partial charge in [-0.3, -0.25) is 4.90 Å². The zero-order chi connectivity index (χ0) is 13.0. The standard InChI is InChI=1S/C11H13BrF2N2S/c1-2-16(6-10(15)17)5-7-9(13)4-3-8(12)11(7)14/h3-4H,2,5-6H2,1H3,(H2,15,17). The minimum Gasteiger partial charge on any atom is -0.392 e. The van der Waals surface area contributed by atoms with Gasteiger partial charge in [-0.25, -0.2) is 8.78 Å². The Kier molecular flexibility index (Phi) is 5.42. The highest BCUT2D eigenvalue weighted by atomic mass is 79.9. The number of thiocarbonyl (C=S) groups is 1. The lowest BCUT2D eigenvalue weighted by atomic mass is 10.2. The van der Waals surface area contributed by atoms with E-state index in [9.17, 15) is 8.78 Å². The molecule has 0 aromatic heterocycles. The van der Waals surface area contributed by atoms with Crippen LogP contribution in [0.15, 0.2) is 16.6 Å². The first-order chi connectivity index (χ1) is 7.95. The maximum atomic E-state index is 13.7. The second-order valence-electron chi connectivity index (χ2n) is 3.59. The number of hydrogen-bond acceptors (Lipinski definition) is 2. The third kappa shape index (κ3) is 3.97. The van der Waals surface area contributed by atoms with Gasteiger partial charge in [0, 0.05) is 18.7 Å². The quantitative estimate of drug-likeness (QED) is 0.667. The summed E-state index contributed by atoms with van der Waals surface area (Å²) in [7, 11) is 0. The molecule has 0 saturated carbocycles. The van der Waals surface area contributed by atoms with Crippen LogP contribution in [0.4, 0.5) is 8.78 Å². The van der Waals surface area contributed by atoms with Gasteiger partial charge in [0.2, 0.25) is 0 Å². The fraction of sp³-hybridized carbons (Fsp3) is 0.364. The van der Waals surface area contributed by atoms with E-state index in [1.165, 1.54) is 12.1 Å². The third-order valence-electron chi connectivity index (χ3n) is 2.35. The fourth-order valence-electron chi connectivity index (χ4n) is 1.44. The molecule has 0 spiro atoms. The first-order valence-corrected chi connectivity index (χ1v) is 6.28. The molecule has 1 aromatic rings. The molecule has 0 bridgehead atoms. The van der Waals surface area contributed by atoms with Crippen molar-refractivity contribution >= 4 is 33.1 Å². The van der Waals surface area contributed by atoms with Crippen molar-refractivity contribution in [1.29, 1.82) is 0 Å². The maximum Gasteiger partial charge on any atom is 0.144 e. The van der Waals surface area contributed by atoms with Gasteiger partial charge in [0.15, 0.2) is 0 Å². The second kappa shape index (κ2) is 6.37. The minimum atomic E-state index is -0.577. The van der Waals surface area contributed by atoms with E-state index < -0.39 is 11.6 Å². The van der Waals surface area contributed by atoms with E-state index >= 15 is 0 Å². The molecular weight excluding hydrogens is 310 g/mol. The third-order valence-corrected chi connectivity index (χ3v) is 3.09. The van der Waals surface area contributed by atoms with E-state index in [-0.39, 0.29) is 16.6 Å². The molecule has 2 nitrogen and oxygen atoms in total. The van der Waals surface area contributed by atoms with Gasteiger partial charge in [0.05, 0.1) is 9.46 Å². The lowest BCUT2D eigenvalue weighted by molar-refractivity contribution is 0.309. The molecule has 17 heavy (non-hydrogen) atoms. The highest BCUT2D eigenvalue weighted by Crippen LogP contribution is 2.22. The summed E-state index contributed by atoms with van der Waals surface area (Å²) >= 11 is 7.82. The molecule has 1 aromatic carbocycles. The van der Waals surface area contributed by atoms with Gasteiger partial charge in [0.1, 0.15) is 11.6 Å². The molecule has 0 saturated heterocycles. The number of nitrogens with zero attached hydrogens (tertiary/aromatic N) is 1. The fourth-order valence-corrected chi connectivity index (χ4v) is 1.99. The van der Waals surface area contributed by atoms with Crippen LogP contribution >= 0.6 is 28.1 Å². The summed E-state index contributed by atoms with van der Waals surface area (Å²) < 4.78 is 27.5. The summed E-state index contributed by atoms with van der Waals surface area (Å²) in [6.07, 6.45) is 0. The Hall–Kier alpha value is -0.590. The largest absolute Gasteiger partial charge is 0.392 e. The maximum absolute atomic E-state index is 13.7. The van der Waals surface area contributed by atoms with E-state index in [0.717, 1.165) is 0 Å². The average Bonchev–Trinajstić information content (AvgIpc) is 2.27. The van der Waals surface area contributed by atoms with Gasteiger partial charge >= 0.3 is 0 Å². The molecule has 0 aliphatic carbocycles. The molecule has 2 N–H and O–H groups in total. The van der Waals surface area contributed by atoms with Crippen LogP contribution in [0.2, 0.25) is 0 Å². The van der Waals surface area contributed by atoms with Crippen molar-refractivity contribution in [2.75, 3.05) is 13.1 Å². The van der Waals surface area contributed by atoms with Gasteiger partial charge in [-0.15, -0.1) is 0 Å². The Morgan fingerprint density at radius 2 is 2.12 bits per heavy atom. The molecule has 94 valence electrons. The van der Waals surface area contributed by atoms with Crippen molar-refractivity contribution in [2.24, 2.45) is 5.73 Å². The van der Waals surface area contributed by atoms with Crippen LogP contribution in [-0.4, -0.2) is 23.0 Å². The Balaban J connectivity index is 2.93. The highest BCUT2D eigenvalue weighted by molar-refractivity contribution is 9.10. The van der Waals surface area contributed by atoms with Crippen LogP contribution in [-0.2, 0) is 6.54 Å². The van der Waals surface area contributed by atoms with E-state index in [2.05, 4.69) is 15.9 Å². The molecule has 0 aliphatic heterocycles. The summed E-state index contributed by atoms with van der Waals surface area (Å²) in [4.78, 5) is 2.08. The normalized spacial score (nSPS) is 10.9. The Bertz CT molecular complexity index is 426. The van der Waals surface area contributed by atoms with Crippen LogP contribution < -0.4 is 5.73 Å². The molecule has 6 heteroatoms. The van der Waals surface area contributed by atoms with Crippen molar-refractivity contribution < 1.29 is 8.78 Å². The molecule has 0 atom stereocenters. The summed E-state index contributed by atoms with van der Waals surface area (Å²) in [5.74, 6) is -1.14. The summed E-state index contributed by atoms with van der Waals surface area (Å²) in [5, 5.41) is 0. The van der Waals surface area contributed by atoms with E-state index in [4.69, 9.17) is 18.0 Å². The second-order valence-corrected chi connectivity index (χ2v) is 4.97. The van der Waals surface area contributed by atoms with Crippen LogP contribution in [0.1, 0.15) is 12.5 Å². The monoisotopic (exact) mass is 322 g/mol. The smallest absolute Gasteiger partial charge is 0.144 e. The predicted molar refractivity (Wildman–Crippen MR) is 71.8 cm³/mol. The zero-order valence-corrected chi connectivity index (χ0v) is 11.7. The summed E-state index contributed by atoms with van der Waals surface area (Å²) in [5.41, 5.74) is 5.45. The lowest BCUT2D eigenvalue weighted by Gasteiger charge is -2.20. The van der Waals surface area contributed by atoms with Crippen LogP contribution in [0, 0.1) is 11.6 Å². The molecule has 0 radical (unpaired) electrons. The van der Waals surface area contributed by atoms with Crippen molar-refractivity contribution in [3.63, 3.8) is 0 Å². The van der Waals surface area contributed by atoms with Gasteiger partial charge in [-0.2, -0.15) is 0 Å².